The predicted octanol–water partition coefficient (Wildman–Crippen LogP) is 4.43. The molecule has 4 heteroatoms. The van der Waals surface area contributed by atoms with Crippen LogP contribution >= 0.6 is 0 Å². The molecule has 4 nitrogen and oxygen atoms in total. The summed E-state index contributed by atoms with van der Waals surface area (Å²) in [5.41, 5.74) is 4.31. The Morgan fingerprint density at radius 3 is 2.20 bits per heavy atom. The molecule has 1 rings (SSSR count). The average Bonchev–Trinajstić information content (AvgIpc) is 2.54. The van der Waals surface area contributed by atoms with Crippen LogP contribution in [0.25, 0.3) is 0 Å². The van der Waals surface area contributed by atoms with E-state index in [2.05, 4.69) is 13.0 Å². The van der Waals surface area contributed by atoms with Crippen molar-refractivity contribution >= 4 is 11.8 Å². The van der Waals surface area contributed by atoms with Gasteiger partial charge in [0, 0.05) is 0 Å². The molecule has 0 bridgehead atoms. The fraction of sp³-hybridized carbons (Fsp3) is 0.429. The first-order valence-electron chi connectivity index (χ1n) is 8.53. The van der Waals surface area contributed by atoms with E-state index in [9.17, 15) is 9.59 Å². The number of ether oxygens (including phenoxy) is 2. The molecule has 0 aliphatic rings. The highest BCUT2D eigenvalue weighted by Gasteiger charge is 2.05. The van der Waals surface area contributed by atoms with Crippen LogP contribution in [0.4, 0.5) is 0 Å². The molecular formula is C21H28O4. The second-order valence-corrected chi connectivity index (χ2v) is 6.20. The van der Waals surface area contributed by atoms with Gasteiger partial charge in [-0.25, -0.2) is 4.79 Å². The molecule has 0 radical (unpaired) electrons. The van der Waals surface area contributed by atoms with Gasteiger partial charge in [-0.05, 0) is 70.7 Å². The SMILES string of the molecule is CCOC(=O)COc1ccc(C/C(C)=C/CC(C(C)=O)=C(C)C)cc1. The maximum Gasteiger partial charge on any atom is 0.344 e. The lowest BCUT2D eigenvalue weighted by Crippen LogP contribution is -2.14. The van der Waals surface area contributed by atoms with Crippen molar-refractivity contribution in [3.8, 4) is 5.75 Å². The van der Waals surface area contributed by atoms with E-state index in [4.69, 9.17) is 9.47 Å². The van der Waals surface area contributed by atoms with Gasteiger partial charge >= 0.3 is 5.97 Å². The summed E-state index contributed by atoms with van der Waals surface area (Å²) in [4.78, 5) is 22.9. The van der Waals surface area contributed by atoms with Gasteiger partial charge in [-0.3, -0.25) is 4.79 Å². The molecule has 1 aromatic carbocycles. The molecule has 1 aromatic rings. The Balaban J connectivity index is 2.59. The Bertz CT molecular complexity index is 647. The Labute approximate surface area is 150 Å². The molecule has 25 heavy (non-hydrogen) atoms. The maximum atomic E-state index is 11.6. The summed E-state index contributed by atoms with van der Waals surface area (Å²) < 4.78 is 10.2. The van der Waals surface area contributed by atoms with Crippen LogP contribution in [0.5, 0.6) is 5.75 Å². The third kappa shape index (κ3) is 7.84. The smallest absolute Gasteiger partial charge is 0.344 e. The van der Waals surface area contributed by atoms with Crippen LogP contribution in [0.15, 0.2) is 47.1 Å². The number of hydrogen-bond acceptors (Lipinski definition) is 4. The summed E-state index contributed by atoms with van der Waals surface area (Å²) in [5.74, 6) is 0.403. The standard InChI is InChI=1S/C21H28O4/c1-6-24-21(23)14-25-19-10-8-18(9-11-19)13-16(4)7-12-20(15(2)3)17(5)22/h7-11H,6,12-14H2,1-5H3/b16-7+. The van der Waals surface area contributed by atoms with Gasteiger partial charge in [0.2, 0.25) is 0 Å². The Morgan fingerprint density at radius 1 is 1.04 bits per heavy atom. The molecule has 0 heterocycles. The number of ketones is 1. The van der Waals surface area contributed by atoms with E-state index in [1.165, 1.54) is 5.57 Å². The fourth-order valence-corrected chi connectivity index (χ4v) is 2.42. The number of hydrogen-bond donors (Lipinski definition) is 0. The lowest BCUT2D eigenvalue weighted by atomic mass is 10.00. The summed E-state index contributed by atoms with van der Waals surface area (Å²) in [6, 6.07) is 7.65. The second-order valence-electron chi connectivity index (χ2n) is 6.20. The summed E-state index contributed by atoms with van der Waals surface area (Å²) in [6.45, 7) is 9.64. The van der Waals surface area contributed by atoms with E-state index in [1.54, 1.807) is 13.8 Å². The van der Waals surface area contributed by atoms with Crippen LogP contribution in [0, 0.1) is 0 Å². The molecule has 0 aliphatic carbocycles. The van der Waals surface area contributed by atoms with Gasteiger partial charge in [0.15, 0.2) is 12.4 Å². The molecule has 0 fully saturated rings. The predicted molar refractivity (Wildman–Crippen MR) is 99.7 cm³/mol. The van der Waals surface area contributed by atoms with Crippen LogP contribution in [0.3, 0.4) is 0 Å². The van der Waals surface area contributed by atoms with Crippen LogP contribution in [-0.4, -0.2) is 25.0 Å². The fourth-order valence-electron chi connectivity index (χ4n) is 2.42. The first-order chi connectivity index (χ1) is 11.8. The van der Waals surface area contributed by atoms with Crippen molar-refractivity contribution in [1.29, 1.82) is 0 Å². The molecule has 0 saturated heterocycles. The molecule has 0 unspecified atom stereocenters. The van der Waals surface area contributed by atoms with E-state index in [1.807, 2.05) is 38.1 Å². The van der Waals surface area contributed by atoms with E-state index in [0.717, 1.165) is 23.1 Å². The van der Waals surface area contributed by atoms with Gasteiger partial charge in [0.05, 0.1) is 6.61 Å². The highest BCUT2D eigenvalue weighted by molar-refractivity contribution is 5.94. The van der Waals surface area contributed by atoms with E-state index in [0.29, 0.717) is 18.8 Å². The number of carbonyl (C=O) groups is 2. The van der Waals surface area contributed by atoms with Crippen molar-refractivity contribution in [2.24, 2.45) is 0 Å². The number of Topliss-reactive ketones (excluding diaryl/α,β-unsaturated/α-hetero) is 1. The zero-order valence-corrected chi connectivity index (χ0v) is 15.8. The summed E-state index contributed by atoms with van der Waals surface area (Å²) in [7, 11) is 0. The lowest BCUT2D eigenvalue weighted by molar-refractivity contribution is -0.145. The minimum atomic E-state index is -0.370. The summed E-state index contributed by atoms with van der Waals surface area (Å²) in [5, 5.41) is 0. The van der Waals surface area contributed by atoms with Crippen molar-refractivity contribution < 1.29 is 19.1 Å². The highest BCUT2D eigenvalue weighted by atomic mass is 16.6. The number of carbonyl (C=O) groups excluding carboxylic acids is 2. The maximum absolute atomic E-state index is 11.6. The first kappa shape index (κ1) is 20.7. The van der Waals surface area contributed by atoms with Gasteiger partial charge in [-0.2, -0.15) is 0 Å². The monoisotopic (exact) mass is 344 g/mol. The normalized spacial score (nSPS) is 11.0. The highest BCUT2D eigenvalue weighted by Crippen LogP contribution is 2.17. The van der Waals surface area contributed by atoms with E-state index < -0.39 is 0 Å². The minimum absolute atomic E-state index is 0.0807. The van der Waals surface area contributed by atoms with Crippen LogP contribution in [-0.2, 0) is 20.7 Å². The van der Waals surface area contributed by atoms with Crippen LogP contribution in [0.1, 0.15) is 46.6 Å². The third-order valence-corrected chi connectivity index (χ3v) is 3.75. The Kier molecular flexibility index (Phi) is 8.68. The third-order valence-electron chi connectivity index (χ3n) is 3.75. The number of rotatable bonds is 9. The topological polar surface area (TPSA) is 52.6 Å². The zero-order valence-electron chi connectivity index (χ0n) is 15.8. The van der Waals surface area contributed by atoms with Crippen molar-refractivity contribution in [3.63, 3.8) is 0 Å². The first-order valence-corrected chi connectivity index (χ1v) is 8.53. The number of allylic oxidation sites excluding steroid dienone is 4. The van der Waals surface area contributed by atoms with Crippen molar-refractivity contribution in [1.82, 2.24) is 0 Å². The minimum Gasteiger partial charge on any atom is -0.482 e. The summed E-state index contributed by atoms with van der Waals surface area (Å²) >= 11 is 0. The number of esters is 1. The number of benzene rings is 1. The Morgan fingerprint density at radius 2 is 1.68 bits per heavy atom. The van der Waals surface area contributed by atoms with Gasteiger partial charge in [0.25, 0.3) is 0 Å². The van der Waals surface area contributed by atoms with Crippen LogP contribution < -0.4 is 4.74 Å². The van der Waals surface area contributed by atoms with Crippen molar-refractivity contribution in [2.75, 3.05) is 13.2 Å². The average molecular weight is 344 g/mol. The molecule has 0 N–H and O–H groups in total. The molecule has 136 valence electrons. The molecular weight excluding hydrogens is 316 g/mol. The van der Waals surface area contributed by atoms with Crippen molar-refractivity contribution in [2.45, 2.75) is 47.5 Å². The van der Waals surface area contributed by atoms with Gasteiger partial charge in [-0.15, -0.1) is 0 Å². The van der Waals surface area contributed by atoms with Gasteiger partial charge in [-0.1, -0.05) is 29.4 Å². The lowest BCUT2D eigenvalue weighted by Gasteiger charge is -2.08. The van der Waals surface area contributed by atoms with Gasteiger partial charge in [0.1, 0.15) is 5.75 Å². The van der Waals surface area contributed by atoms with E-state index in [-0.39, 0.29) is 18.4 Å². The molecule has 0 amide bonds. The largest absolute Gasteiger partial charge is 0.482 e. The van der Waals surface area contributed by atoms with Gasteiger partial charge < -0.3 is 9.47 Å². The quantitative estimate of drug-likeness (QED) is 0.378. The Hall–Kier alpha value is -2.36. The molecule has 0 saturated carbocycles. The molecule has 0 aliphatic heterocycles. The van der Waals surface area contributed by atoms with Crippen LogP contribution in [0.2, 0.25) is 0 Å². The summed E-state index contributed by atoms with van der Waals surface area (Å²) in [6.07, 6.45) is 3.59. The molecule has 0 atom stereocenters. The van der Waals surface area contributed by atoms with Crippen molar-refractivity contribution in [3.05, 3.63) is 52.6 Å². The molecule has 0 spiro atoms. The van der Waals surface area contributed by atoms with E-state index >= 15 is 0 Å². The molecule has 0 aromatic heterocycles. The zero-order chi connectivity index (χ0) is 18.8. The second kappa shape index (κ2) is 10.5.